The summed E-state index contributed by atoms with van der Waals surface area (Å²) in [5.74, 6) is -0.175. The highest BCUT2D eigenvalue weighted by atomic mass is 32.1. The van der Waals surface area contributed by atoms with Gasteiger partial charge in [0, 0.05) is 18.3 Å². The highest BCUT2D eigenvalue weighted by Gasteiger charge is 2.23. The maximum atomic E-state index is 13.5. The fraction of sp³-hybridized carbons (Fsp3) is 0.303. The molecule has 0 aliphatic rings. The third-order valence-corrected chi connectivity index (χ3v) is 7.69. The van der Waals surface area contributed by atoms with Crippen LogP contribution in [-0.2, 0) is 29.0 Å². The number of amides is 2. The number of nitrogens with zero attached hydrogens (tertiary/aromatic N) is 1. The molecule has 0 radical (unpaired) electrons. The molecule has 208 valence electrons. The van der Waals surface area contributed by atoms with Gasteiger partial charge in [0.05, 0.1) is 16.3 Å². The molecular formula is C33H37N3O3S. The van der Waals surface area contributed by atoms with Crippen molar-refractivity contribution in [2.75, 3.05) is 0 Å². The number of thiazole rings is 1. The van der Waals surface area contributed by atoms with Crippen molar-refractivity contribution in [2.45, 2.75) is 63.6 Å². The van der Waals surface area contributed by atoms with Crippen LogP contribution in [0.4, 0.5) is 4.79 Å². The number of hydrogen-bond donors (Lipinski definition) is 2. The van der Waals surface area contributed by atoms with E-state index in [1.165, 1.54) is 11.3 Å². The molecule has 0 spiro atoms. The minimum absolute atomic E-state index is 0.0335. The van der Waals surface area contributed by atoms with E-state index in [0.29, 0.717) is 25.7 Å². The van der Waals surface area contributed by atoms with E-state index in [0.717, 1.165) is 28.0 Å². The summed E-state index contributed by atoms with van der Waals surface area (Å²) >= 11 is 1.45. The van der Waals surface area contributed by atoms with Gasteiger partial charge in [-0.05, 0) is 48.8 Å². The first-order chi connectivity index (χ1) is 19.6. The van der Waals surface area contributed by atoms with Gasteiger partial charge in [-0.1, -0.05) is 97.9 Å². The fourth-order valence-electron chi connectivity index (χ4n) is 4.87. The first-order valence-electron chi connectivity index (χ1n) is 13.8. The van der Waals surface area contributed by atoms with Crippen molar-refractivity contribution in [3.8, 4) is 0 Å². The van der Waals surface area contributed by atoms with Gasteiger partial charge in [0.1, 0.15) is 6.61 Å². The standard InChI is InChI=1S/C33H37N3O3S/c1-2-31(27-16-10-5-11-17-27)32(37)35-28(20-25-12-6-3-7-13-25)18-19-29(21-26-14-8-4-9-15-26)36-33(38)39-23-30-22-34-24-40-30/h3-17,22,24,28-29,31H,2,18-21,23H2,1H3,(H,35,37)(H,36,38). The molecule has 1 aromatic heterocycles. The molecule has 0 saturated carbocycles. The molecule has 4 rings (SSSR count). The topological polar surface area (TPSA) is 80.3 Å². The molecule has 0 fully saturated rings. The smallest absolute Gasteiger partial charge is 0.407 e. The van der Waals surface area contributed by atoms with Gasteiger partial charge >= 0.3 is 6.09 Å². The zero-order valence-corrected chi connectivity index (χ0v) is 23.7. The van der Waals surface area contributed by atoms with Crippen molar-refractivity contribution in [1.29, 1.82) is 0 Å². The van der Waals surface area contributed by atoms with E-state index in [1.807, 2.05) is 73.7 Å². The lowest BCUT2D eigenvalue weighted by Gasteiger charge is -2.25. The number of aromatic nitrogens is 1. The number of alkyl carbamates (subject to hydrolysis) is 1. The van der Waals surface area contributed by atoms with Crippen molar-refractivity contribution < 1.29 is 14.3 Å². The van der Waals surface area contributed by atoms with Crippen LogP contribution >= 0.6 is 11.3 Å². The molecule has 0 aliphatic heterocycles. The first kappa shape index (κ1) is 29.0. The highest BCUT2D eigenvalue weighted by molar-refractivity contribution is 7.09. The highest BCUT2D eigenvalue weighted by Crippen LogP contribution is 2.21. The minimum Gasteiger partial charge on any atom is -0.444 e. The van der Waals surface area contributed by atoms with Crippen LogP contribution in [-0.4, -0.2) is 29.1 Å². The van der Waals surface area contributed by atoms with Crippen LogP contribution in [0, 0.1) is 0 Å². The molecule has 2 amide bonds. The molecule has 7 heteroatoms. The third kappa shape index (κ3) is 9.35. The summed E-state index contributed by atoms with van der Waals surface area (Å²) < 4.78 is 5.47. The number of carbonyl (C=O) groups excluding carboxylic acids is 2. The second kappa shape index (κ2) is 15.6. The van der Waals surface area contributed by atoms with Gasteiger partial charge < -0.3 is 15.4 Å². The number of nitrogens with one attached hydrogen (secondary N) is 2. The Morgan fingerprint density at radius 2 is 1.35 bits per heavy atom. The van der Waals surface area contributed by atoms with E-state index < -0.39 is 6.09 Å². The number of carbonyl (C=O) groups is 2. The zero-order valence-electron chi connectivity index (χ0n) is 22.9. The van der Waals surface area contributed by atoms with Gasteiger partial charge in [0.2, 0.25) is 5.91 Å². The van der Waals surface area contributed by atoms with Gasteiger partial charge in [-0.25, -0.2) is 4.79 Å². The van der Waals surface area contributed by atoms with E-state index in [1.54, 1.807) is 11.7 Å². The molecule has 0 saturated heterocycles. The Kier molecular flexibility index (Phi) is 11.3. The van der Waals surface area contributed by atoms with Crippen molar-refractivity contribution in [3.05, 3.63) is 124 Å². The molecule has 3 aromatic carbocycles. The predicted molar refractivity (Wildman–Crippen MR) is 160 cm³/mol. The van der Waals surface area contributed by atoms with E-state index in [4.69, 9.17) is 4.74 Å². The maximum absolute atomic E-state index is 13.5. The largest absolute Gasteiger partial charge is 0.444 e. The van der Waals surface area contributed by atoms with Crippen LogP contribution in [0.5, 0.6) is 0 Å². The predicted octanol–water partition coefficient (Wildman–Crippen LogP) is 6.68. The van der Waals surface area contributed by atoms with Crippen molar-refractivity contribution >= 4 is 23.3 Å². The molecule has 0 aliphatic carbocycles. The van der Waals surface area contributed by atoms with Crippen LogP contribution in [0.25, 0.3) is 0 Å². The molecule has 0 bridgehead atoms. The Hall–Kier alpha value is -3.97. The lowest BCUT2D eigenvalue weighted by Crippen LogP contribution is -2.42. The lowest BCUT2D eigenvalue weighted by atomic mass is 9.93. The van der Waals surface area contributed by atoms with Crippen LogP contribution in [0.15, 0.2) is 103 Å². The van der Waals surface area contributed by atoms with Gasteiger partial charge in [-0.2, -0.15) is 0 Å². The Balaban J connectivity index is 1.45. The molecular weight excluding hydrogens is 518 g/mol. The van der Waals surface area contributed by atoms with E-state index in [-0.39, 0.29) is 30.5 Å². The number of benzene rings is 3. The number of rotatable bonds is 14. The van der Waals surface area contributed by atoms with Crippen molar-refractivity contribution in [1.82, 2.24) is 15.6 Å². The van der Waals surface area contributed by atoms with Crippen LogP contribution in [0.1, 0.15) is 53.7 Å². The molecule has 2 N–H and O–H groups in total. The molecule has 1 heterocycles. The summed E-state index contributed by atoms with van der Waals surface area (Å²) in [7, 11) is 0. The fourth-order valence-corrected chi connectivity index (χ4v) is 5.37. The molecule has 4 aromatic rings. The van der Waals surface area contributed by atoms with Crippen LogP contribution in [0.2, 0.25) is 0 Å². The summed E-state index contributed by atoms with van der Waals surface area (Å²) in [5, 5.41) is 6.41. The van der Waals surface area contributed by atoms with E-state index >= 15 is 0 Å². The second-order valence-corrected chi connectivity index (χ2v) is 10.9. The van der Waals surface area contributed by atoms with E-state index in [2.05, 4.69) is 39.9 Å². The minimum atomic E-state index is -0.451. The summed E-state index contributed by atoms with van der Waals surface area (Å²) in [4.78, 5) is 31.1. The van der Waals surface area contributed by atoms with Gasteiger partial charge in [-0.15, -0.1) is 11.3 Å². The summed E-state index contributed by atoms with van der Waals surface area (Å²) in [5.41, 5.74) is 5.04. The van der Waals surface area contributed by atoms with Crippen LogP contribution < -0.4 is 10.6 Å². The summed E-state index contributed by atoms with van der Waals surface area (Å²) in [6.07, 6.45) is 4.75. The van der Waals surface area contributed by atoms with E-state index in [9.17, 15) is 9.59 Å². The Bertz CT molecular complexity index is 1280. The van der Waals surface area contributed by atoms with Gasteiger partial charge in [0.15, 0.2) is 0 Å². The molecule has 3 unspecified atom stereocenters. The Morgan fingerprint density at radius 1 is 0.800 bits per heavy atom. The second-order valence-electron chi connectivity index (χ2n) is 9.92. The SMILES string of the molecule is CCC(C(=O)NC(CCC(Cc1ccccc1)NC(=O)OCc1cncs1)Cc1ccccc1)c1ccccc1. The van der Waals surface area contributed by atoms with Crippen molar-refractivity contribution in [2.24, 2.45) is 0 Å². The monoisotopic (exact) mass is 555 g/mol. The molecule has 6 nitrogen and oxygen atoms in total. The van der Waals surface area contributed by atoms with Crippen LogP contribution in [0.3, 0.4) is 0 Å². The van der Waals surface area contributed by atoms with Gasteiger partial charge in [-0.3, -0.25) is 9.78 Å². The first-order valence-corrected chi connectivity index (χ1v) is 14.7. The number of hydrogen-bond acceptors (Lipinski definition) is 5. The van der Waals surface area contributed by atoms with Gasteiger partial charge in [0.25, 0.3) is 0 Å². The summed E-state index contributed by atoms with van der Waals surface area (Å²) in [6.45, 7) is 2.24. The Labute approximate surface area is 240 Å². The lowest BCUT2D eigenvalue weighted by molar-refractivity contribution is -0.123. The average molecular weight is 556 g/mol. The quantitative estimate of drug-likeness (QED) is 0.182. The van der Waals surface area contributed by atoms with Crippen molar-refractivity contribution in [3.63, 3.8) is 0 Å². The zero-order chi connectivity index (χ0) is 28.0. The number of ether oxygens (including phenoxy) is 1. The third-order valence-electron chi connectivity index (χ3n) is 6.94. The molecule has 3 atom stereocenters. The molecule has 40 heavy (non-hydrogen) atoms. The summed E-state index contributed by atoms with van der Waals surface area (Å²) in [6, 6.07) is 30.0. The maximum Gasteiger partial charge on any atom is 0.407 e. The average Bonchev–Trinajstić information content (AvgIpc) is 3.51. The Morgan fingerprint density at radius 3 is 1.88 bits per heavy atom. The normalized spacial score (nSPS) is 13.1.